The van der Waals surface area contributed by atoms with E-state index < -0.39 is 5.60 Å². The average molecular weight is 193 g/mol. The minimum Gasteiger partial charge on any atom is -0.508 e. The van der Waals surface area contributed by atoms with E-state index in [0.717, 1.165) is 6.54 Å². The summed E-state index contributed by atoms with van der Waals surface area (Å²) in [6, 6.07) is 7.01. The molecule has 0 bridgehead atoms. The first-order valence-electron chi connectivity index (χ1n) is 4.81. The van der Waals surface area contributed by atoms with E-state index in [2.05, 4.69) is 4.90 Å². The van der Waals surface area contributed by atoms with Gasteiger partial charge in [0.05, 0.1) is 0 Å². The number of para-hydroxylation sites is 1. The number of rotatable bonds is 1. The van der Waals surface area contributed by atoms with E-state index in [-0.39, 0.29) is 5.75 Å². The number of nitrogens with zero attached hydrogens (tertiary/aromatic N) is 1. The molecule has 14 heavy (non-hydrogen) atoms. The second kappa shape index (κ2) is 3.26. The molecule has 3 heteroatoms. The summed E-state index contributed by atoms with van der Waals surface area (Å²) in [4.78, 5) is 2.06. The highest BCUT2D eigenvalue weighted by Crippen LogP contribution is 2.35. The van der Waals surface area contributed by atoms with Crippen molar-refractivity contribution in [2.24, 2.45) is 0 Å². The molecule has 1 aliphatic heterocycles. The van der Waals surface area contributed by atoms with Crippen LogP contribution in [0.4, 0.5) is 0 Å². The molecule has 3 nitrogen and oxygen atoms in total. The first kappa shape index (κ1) is 9.49. The third-order valence-corrected chi connectivity index (χ3v) is 2.84. The fraction of sp³-hybridized carbons (Fsp3) is 0.455. The fourth-order valence-electron chi connectivity index (χ4n) is 2.07. The van der Waals surface area contributed by atoms with Crippen LogP contribution in [0.2, 0.25) is 0 Å². The third kappa shape index (κ3) is 1.49. The van der Waals surface area contributed by atoms with E-state index in [1.807, 2.05) is 13.1 Å². The Morgan fingerprint density at radius 2 is 2.07 bits per heavy atom. The van der Waals surface area contributed by atoms with Crippen molar-refractivity contribution >= 4 is 0 Å². The molecule has 0 saturated carbocycles. The van der Waals surface area contributed by atoms with Crippen LogP contribution in [0.3, 0.4) is 0 Å². The number of likely N-dealkylation sites (N-methyl/N-ethyl adjacent to an activating group) is 1. The Labute approximate surface area is 83.6 Å². The van der Waals surface area contributed by atoms with Gasteiger partial charge < -0.3 is 15.1 Å². The van der Waals surface area contributed by atoms with Gasteiger partial charge in [0.1, 0.15) is 11.4 Å². The van der Waals surface area contributed by atoms with Crippen LogP contribution < -0.4 is 0 Å². The number of benzene rings is 1. The molecule has 1 fully saturated rings. The van der Waals surface area contributed by atoms with E-state index in [1.54, 1.807) is 18.2 Å². The lowest BCUT2D eigenvalue weighted by molar-refractivity contribution is 0.0465. The van der Waals surface area contributed by atoms with E-state index >= 15 is 0 Å². The molecule has 0 aliphatic carbocycles. The normalized spacial score (nSPS) is 28.1. The molecule has 0 spiro atoms. The van der Waals surface area contributed by atoms with Gasteiger partial charge in [-0.2, -0.15) is 0 Å². The topological polar surface area (TPSA) is 43.7 Å². The molecule has 2 rings (SSSR count). The van der Waals surface area contributed by atoms with Crippen molar-refractivity contribution in [1.29, 1.82) is 0 Å². The molecule has 2 N–H and O–H groups in total. The molecule has 1 atom stereocenters. The largest absolute Gasteiger partial charge is 0.508 e. The van der Waals surface area contributed by atoms with Gasteiger partial charge >= 0.3 is 0 Å². The highest BCUT2D eigenvalue weighted by Gasteiger charge is 2.37. The third-order valence-electron chi connectivity index (χ3n) is 2.84. The lowest BCUT2D eigenvalue weighted by Gasteiger charge is -2.23. The van der Waals surface area contributed by atoms with Crippen molar-refractivity contribution in [3.05, 3.63) is 29.8 Å². The lowest BCUT2D eigenvalue weighted by Crippen LogP contribution is -2.29. The van der Waals surface area contributed by atoms with Gasteiger partial charge in [0.15, 0.2) is 0 Å². The maximum atomic E-state index is 10.3. The molecule has 0 aromatic heterocycles. The van der Waals surface area contributed by atoms with Gasteiger partial charge in [0.25, 0.3) is 0 Å². The van der Waals surface area contributed by atoms with Crippen LogP contribution in [0.5, 0.6) is 5.75 Å². The Hall–Kier alpha value is -1.06. The number of hydrogen-bond donors (Lipinski definition) is 2. The summed E-state index contributed by atoms with van der Waals surface area (Å²) >= 11 is 0. The van der Waals surface area contributed by atoms with E-state index in [4.69, 9.17) is 0 Å². The van der Waals surface area contributed by atoms with Gasteiger partial charge in [-0.25, -0.2) is 0 Å². The van der Waals surface area contributed by atoms with Crippen LogP contribution in [0.1, 0.15) is 12.0 Å². The van der Waals surface area contributed by atoms with Crippen LogP contribution in [-0.2, 0) is 5.60 Å². The molecule has 1 saturated heterocycles. The highest BCUT2D eigenvalue weighted by atomic mass is 16.3. The quantitative estimate of drug-likeness (QED) is 0.697. The minimum absolute atomic E-state index is 0.185. The standard InChI is InChI=1S/C11H15NO2/c1-12-7-6-11(14,8-12)9-4-2-3-5-10(9)13/h2-5,13-14H,6-8H2,1H3. The van der Waals surface area contributed by atoms with Crippen molar-refractivity contribution < 1.29 is 10.2 Å². The zero-order valence-corrected chi connectivity index (χ0v) is 8.27. The van der Waals surface area contributed by atoms with Crippen LogP contribution in [0.15, 0.2) is 24.3 Å². The Balaban J connectivity index is 2.35. The zero-order chi connectivity index (χ0) is 10.2. The number of phenols is 1. The number of β-amino-alcohol motifs (C(OH)–C–C–N with tert-alkyl or cyclic N) is 1. The lowest BCUT2D eigenvalue weighted by atomic mass is 9.92. The van der Waals surface area contributed by atoms with E-state index in [0.29, 0.717) is 18.5 Å². The molecule has 1 aromatic rings. The summed E-state index contributed by atoms with van der Waals surface area (Å²) in [5, 5.41) is 20.0. The predicted molar refractivity (Wildman–Crippen MR) is 54.1 cm³/mol. The SMILES string of the molecule is CN1CCC(O)(c2ccccc2O)C1. The van der Waals surface area contributed by atoms with Crippen molar-refractivity contribution in [3.8, 4) is 5.75 Å². The molecule has 1 aromatic carbocycles. The van der Waals surface area contributed by atoms with Crippen LogP contribution in [0.25, 0.3) is 0 Å². The summed E-state index contributed by atoms with van der Waals surface area (Å²) in [6.07, 6.45) is 0.682. The maximum Gasteiger partial charge on any atom is 0.121 e. The molecule has 1 heterocycles. The summed E-state index contributed by atoms with van der Waals surface area (Å²) in [5.41, 5.74) is -0.232. The molecular formula is C11H15NO2. The van der Waals surface area contributed by atoms with Crippen LogP contribution in [0, 0.1) is 0 Å². The maximum absolute atomic E-state index is 10.3. The Morgan fingerprint density at radius 1 is 1.36 bits per heavy atom. The summed E-state index contributed by atoms with van der Waals surface area (Å²) in [5.74, 6) is 0.185. The van der Waals surface area contributed by atoms with Gasteiger partial charge in [0, 0.05) is 18.7 Å². The van der Waals surface area contributed by atoms with Crippen molar-refractivity contribution in [1.82, 2.24) is 4.90 Å². The monoisotopic (exact) mass is 193 g/mol. The van der Waals surface area contributed by atoms with Crippen molar-refractivity contribution in [2.75, 3.05) is 20.1 Å². The first-order chi connectivity index (χ1) is 6.62. The molecule has 1 unspecified atom stereocenters. The Morgan fingerprint density at radius 3 is 2.64 bits per heavy atom. The average Bonchev–Trinajstić information content (AvgIpc) is 2.48. The van der Waals surface area contributed by atoms with Crippen LogP contribution in [-0.4, -0.2) is 35.3 Å². The second-order valence-corrected chi connectivity index (χ2v) is 4.04. The van der Waals surface area contributed by atoms with E-state index in [1.165, 1.54) is 0 Å². The molecule has 0 amide bonds. The van der Waals surface area contributed by atoms with Gasteiger partial charge in [-0.05, 0) is 19.5 Å². The number of phenolic OH excluding ortho intramolecular Hbond substituents is 1. The van der Waals surface area contributed by atoms with Gasteiger partial charge in [-0.1, -0.05) is 18.2 Å². The number of aliphatic hydroxyl groups is 1. The zero-order valence-electron chi connectivity index (χ0n) is 8.27. The highest BCUT2D eigenvalue weighted by molar-refractivity contribution is 5.37. The summed E-state index contributed by atoms with van der Waals surface area (Å²) < 4.78 is 0. The fourth-order valence-corrected chi connectivity index (χ4v) is 2.07. The second-order valence-electron chi connectivity index (χ2n) is 4.04. The Kier molecular flexibility index (Phi) is 2.21. The predicted octanol–water partition coefficient (Wildman–Crippen LogP) is 0.915. The molecular weight excluding hydrogens is 178 g/mol. The summed E-state index contributed by atoms with van der Waals surface area (Å²) in [7, 11) is 1.97. The smallest absolute Gasteiger partial charge is 0.121 e. The Bertz CT molecular complexity index is 340. The number of aromatic hydroxyl groups is 1. The number of hydrogen-bond acceptors (Lipinski definition) is 3. The molecule has 76 valence electrons. The van der Waals surface area contributed by atoms with Gasteiger partial charge in [-0.3, -0.25) is 0 Å². The van der Waals surface area contributed by atoms with Crippen molar-refractivity contribution in [2.45, 2.75) is 12.0 Å². The van der Waals surface area contributed by atoms with Gasteiger partial charge in [0.2, 0.25) is 0 Å². The minimum atomic E-state index is -0.875. The van der Waals surface area contributed by atoms with Crippen LogP contribution >= 0.6 is 0 Å². The molecule has 0 radical (unpaired) electrons. The van der Waals surface area contributed by atoms with Crippen molar-refractivity contribution in [3.63, 3.8) is 0 Å². The molecule has 1 aliphatic rings. The van der Waals surface area contributed by atoms with Gasteiger partial charge in [-0.15, -0.1) is 0 Å². The first-order valence-corrected chi connectivity index (χ1v) is 4.81. The summed E-state index contributed by atoms with van der Waals surface area (Å²) in [6.45, 7) is 1.45. The van der Waals surface area contributed by atoms with E-state index in [9.17, 15) is 10.2 Å². The number of likely N-dealkylation sites (tertiary alicyclic amines) is 1.